The molecular weight excluding hydrogens is 317 g/mol. The highest BCUT2D eigenvalue weighted by Crippen LogP contribution is 2.27. The Morgan fingerprint density at radius 3 is 2.39 bits per heavy atom. The molecule has 23 heavy (non-hydrogen) atoms. The summed E-state index contributed by atoms with van der Waals surface area (Å²) < 4.78 is 20.3. The van der Waals surface area contributed by atoms with Crippen molar-refractivity contribution in [1.82, 2.24) is 15.0 Å². The lowest BCUT2D eigenvalue weighted by molar-refractivity contribution is 0.340. The van der Waals surface area contributed by atoms with Crippen molar-refractivity contribution in [2.24, 2.45) is 0 Å². The third-order valence-corrected chi connectivity index (χ3v) is 3.63. The summed E-state index contributed by atoms with van der Waals surface area (Å²) in [6, 6.07) is 13.7. The van der Waals surface area contributed by atoms with Crippen LogP contribution in [0.2, 0.25) is 0 Å². The lowest BCUT2D eigenvalue weighted by Gasteiger charge is -2.09. The molecule has 2 aromatic carbocycles. The first-order valence-electron chi connectivity index (χ1n) is 7.22. The molecule has 0 radical (unpaired) electrons. The fourth-order valence-corrected chi connectivity index (χ4v) is 2.51. The maximum atomic E-state index is 13.2. The van der Waals surface area contributed by atoms with Gasteiger partial charge in [-0.15, -0.1) is 16.7 Å². The fraction of sp³-hybridized carbons (Fsp3) is 0.176. The standard InChI is InChI=1S/C17H15ClFN3O/c1-2-23-15-9-7-14(8-10-15)22-17(16(11-18)20-21-22)12-3-5-13(19)6-4-12/h3-10H,2,11H2,1H3. The van der Waals surface area contributed by atoms with Crippen LogP contribution in [0.5, 0.6) is 5.75 Å². The minimum absolute atomic E-state index is 0.226. The Hall–Kier alpha value is -2.40. The topological polar surface area (TPSA) is 39.9 Å². The average molecular weight is 332 g/mol. The molecule has 6 heteroatoms. The Kier molecular flexibility index (Phi) is 4.57. The molecule has 0 amide bonds. The monoisotopic (exact) mass is 331 g/mol. The number of benzene rings is 2. The highest BCUT2D eigenvalue weighted by molar-refractivity contribution is 6.17. The molecule has 0 aliphatic rings. The molecule has 0 N–H and O–H groups in total. The van der Waals surface area contributed by atoms with Gasteiger partial charge in [0, 0.05) is 5.56 Å². The second-order valence-corrected chi connectivity index (χ2v) is 5.13. The van der Waals surface area contributed by atoms with Gasteiger partial charge in [-0.2, -0.15) is 0 Å². The first kappa shape index (κ1) is 15.5. The van der Waals surface area contributed by atoms with Crippen molar-refractivity contribution in [3.8, 4) is 22.7 Å². The second kappa shape index (κ2) is 6.79. The summed E-state index contributed by atoms with van der Waals surface area (Å²) in [4.78, 5) is 0. The smallest absolute Gasteiger partial charge is 0.123 e. The SMILES string of the molecule is CCOc1ccc(-n2nnc(CCl)c2-c2ccc(F)cc2)cc1. The average Bonchev–Trinajstić information content (AvgIpc) is 3.00. The molecule has 0 spiro atoms. The largest absolute Gasteiger partial charge is 0.494 e. The van der Waals surface area contributed by atoms with E-state index in [0.29, 0.717) is 12.3 Å². The summed E-state index contributed by atoms with van der Waals surface area (Å²) in [5, 5.41) is 8.30. The van der Waals surface area contributed by atoms with Crippen LogP contribution in [-0.2, 0) is 5.88 Å². The van der Waals surface area contributed by atoms with Gasteiger partial charge in [-0.3, -0.25) is 0 Å². The van der Waals surface area contributed by atoms with Crippen molar-refractivity contribution in [2.75, 3.05) is 6.61 Å². The van der Waals surface area contributed by atoms with Crippen molar-refractivity contribution < 1.29 is 9.13 Å². The minimum atomic E-state index is -0.290. The summed E-state index contributed by atoms with van der Waals surface area (Å²) in [6.45, 7) is 2.55. The number of nitrogens with zero attached hydrogens (tertiary/aromatic N) is 3. The Morgan fingerprint density at radius 2 is 1.78 bits per heavy atom. The van der Waals surface area contributed by atoms with Crippen molar-refractivity contribution in [3.63, 3.8) is 0 Å². The normalized spacial score (nSPS) is 10.7. The molecule has 4 nitrogen and oxygen atoms in total. The quantitative estimate of drug-likeness (QED) is 0.657. The van der Waals surface area contributed by atoms with Gasteiger partial charge < -0.3 is 4.74 Å². The van der Waals surface area contributed by atoms with Crippen LogP contribution >= 0.6 is 11.6 Å². The molecule has 0 bridgehead atoms. The Balaban J connectivity index is 2.06. The van der Waals surface area contributed by atoms with E-state index in [2.05, 4.69) is 10.3 Å². The van der Waals surface area contributed by atoms with E-state index < -0.39 is 0 Å². The number of aromatic nitrogens is 3. The van der Waals surface area contributed by atoms with Crippen LogP contribution in [0.15, 0.2) is 48.5 Å². The number of ether oxygens (including phenoxy) is 1. The van der Waals surface area contributed by atoms with Gasteiger partial charge in [0.15, 0.2) is 0 Å². The molecule has 1 aromatic heterocycles. The zero-order valence-corrected chi connectivity index (χ0v) is 13.3. The summed E-state index contributed by atoms with van der Waals surface area (Å²) >= 11 is 5.97. The number of hydrogen-bond donors (Lipinski definition) is 0. The number of halogens is 2. The number of alkyl halides is 1. The second-order valence-electron chi connectivity index (χ2n) is 4.86. The highest BCUT2D eigenvalue weighted by Gasteiger charge is 2.15. The molecule has 0 unspecified atom stereocenters. The van der Waals surface area contributed by atoms with E-state index in [4.69, 9.17) is 16.3 Å². The molecule has 118 valence electrons. The molecule has 3 rings (SSSR count). The van der Waals surface area contributed by atoms with E-state index in [1.54, 1.807) is 16.8 Å². The fourth-order valence-electron chi connectivity index (χ4n) is 2.33. The van der Waals surface area contributed by atoms with Gasteiger partial charge in [0.2, 0.25) is 0 Å². The lowest BCUT2D eigenvalue weighted by atomic mass is 10.1. The Labute approximate surface area is 138 Å². The van der Waals surface area contributed by atoms with Gasteiger partial charge in [0.25, 0.3) is 0 Å². The zero-order chi connectivity index (χ0) is 16.2. The van der Waals surface area contributed by atoms with Gasteiger partial charge in [-0.1, -0.05) is 5.21 Å². The van der Waals surface area contributed by atoms with Crippen LogP contribution in [0, 0.1) is 5.82 Å². The third kappa shape index (κ3) is 3.19. The van der Waals surface area contributed by atoms with Gasteiger partial charge in [-0.25, -0.2) is 9.07 Å². The lowest BCUT2D eigenvalue weighted by Crippen LogP contribution is -2.00. The third-order valence-electron chi connectivity index (χ3n) is 3.38. The van der Waals surface area contributed by atoms with Crippen molar-refractivity contribution in [2.45, 2.75) is 12.8 Å². The molecule has 1 heterocycles. The maximum absolute atomic E-state index is 13.2. The summed E-state index contributed by atoms with van der Waals surface area (Å²) in [5.74, 6) is 0.725. The predicted molar refractivity (Wildman–Crippen MR) is 87.5 cm³/mol. The molecule has 0 atom stereocenters. The first-order valence-corrected chi connectivity index (χ1v) is 7.76. The van der Waals surface area contributed by atoms with E-state index >= 15 is 0 Å². The molecule has 0 saturated carbocycles. The molecule has 0 aliphatic carbocycles. The molecule has 0 saturated heterocycles. The van der Waals surface area contributed by atoms with E-state index in [9.17, 15) is 4.39 Å². The van der Waals surface area contributed by atoms with Crippen molar-refractivity contribution >= 4 is 11.6 Å². The van der Waals surface area contributed by atoms with Gasteiger partial charge in [0.05, 0.1) is 23.9 Å². The van der Waals surface area contributed by atoms with Crippen molar-refractivity contribution in [3.05, 3.63) is 60.0 Å². The van der Waals surface area contributed by atoms with Crippen LogP contribution in [0.25, 0.3) is 16.9 Å². The summed E-state index contributed by atoms with van der Waals surface area (Å²) in [7, 11) is 0. The zero-order valence-electron chi connectivity index (χ0n) is 12.5. The van der Waals surface area contributed by atoms with Crippen LogP contribution in [0.4, 0.5) is 4.39 Å². The Morgan fingerprint density at radius 1 is 1.09 bits per heavy atom. The highest BCUT2D eigenvalue weighted by atomic mass is 35.5. The van der Waals surface area contributed by atoms with Crippen molar-refractivity contribution in [1.29, 1.82) is 0 Å². The van der Waals surface area contributed by atoms with E-state index in [1.807, 2.05) is 31.2 Å². The van der Waals surface area contributed by atoms with E-state index in [-0.39, 0.29) is 11.7 Å². The number of rotatable bonds is 5. The van der Waals surface area contributed by atoms with Gasteiger partial charge >= 0.3 is 0 Å². The first-order chi connectivity index (χ1) is 11.2. The summed E-state index contributed by atoms with van der Waals surface area (Å²) in [6.07, 6.45) is 0. The molecular formula is C17H15ClFN3O. The molecule has 0 aliphatic heterocycles. The van der Waals surface area contributed by atoms with Gasteiger partial charge in [0.1, 0.15) is 17.3 Å². The molecule has 0 fully saturated rings. The van der Waals surface area contributed by atoms with Crippen LogP contribution in [0.3, 0.4) is 0 Å². The maximum Gasteiger partial charge on any atom is 0.123 e. The van der Waals surface area contributed by atoms with Crippen LogP contribution in [0.1, 0.15) is 12.6 Å². The minimum Gasteiger partial charge on any atom is -0.494 e. The van der Waals surface area contributed by atoms with Gasteiger partial charge in [-0.05, 0) is 55.5 Å². The van der Waals surface area contributed by atoms with E-state index in [1.165, 1.54) is 12.1 Å². The van der Waals surface area contributed by atoms with Crippen LogP contribution < -0.4 is 4.74 Å². The predicted octanol–water partition coefficient (Wildman–Crippen LogP) is 4.21. The van der Waals surface area contributed by atoms with Crippen LogP contribution in [-0.4, -0.2) is 21.6 Å². The summed E-state index contributed by atoms with van der Waals surface area (Å²) in [5.41, 5.74) is 3.04. The Bertz CT molecular complexity index is 785. The number of hydrogen-bond acceptors (Lipinski definition) is 3. The van der Waals surface area contributed by atoms with E-state index in [0.717, 1.165) is 22.7 Å². The molecule has 3 aromatic rings.